The molecular weight excluding hydrogens is 302 g/mol. The average Bonchev–Trinajstić information content (AvgIpc) is 2.90. The predicted octanol–water partition coefficient (Wildman–Crippen LogP) is 4.47. The lowest BCUT2D eigenvalue weighted by atomic mass is 9.89. The second-order valence-corrected chi connectivity index (χ2v) is 6.59. The largest absolute Gasteiger partial charge is 0.383 e. The van der Waals surface area contributed by atoms with Gasteiger partial charge in [-0.05, 0) is 54.0 Å². The van der Waals surface area contributed by atoms with Gasteiger partial charge in [0, 0.05) is 10.9 Å². The lowest BCUT2D eigenvalue weighted by Crippen LogP contribution is -2.02. The molecule has 3 aromatic rings. The van der Waals surface area contributed by atoms with E-state index < -0.39 is 0 Å². The van der Waals surface area contributed by atoms with Crippen molar-refractivity contribution in [3.63, 3.8) is 0 Å². The number of hydrogen-bond acceptors (Lipinski definition) is 4. The van der Waals surface area contributed by atoms with E-state index >= 15 is 0 Å². The third kappa shape index (κ3) is 2.19. The number of halogens is 1. The summed E-state index contributed by atoms with van der Waals surface area (Å²) in [5, 5.41) is 3.22. The number of aromatic nitrogens is 2. The maximum atomic E-state index is 6.05. The van der Waals surface area contributed by atoms with Crippen LogP contribution in [0.1, 0.15) is 24.0 Å². The summed E-state index contributed by atoms with van der Waals surface area (Å²) in [6.45, 7) is 0. The second kappa shape index (κ2) is 4.97. The molecule has 0 bridgehead atoms. The van der Waals surface area contributed by atoms with E-state index in [0.717, 1.165) is 15.8 Å². The fourth-order valence-electron chi connectivity index (χ4n) is 3.06. The summed E-state index contributed by atoms with van der Waals surface area (Å²) in [6.07, 6.45) is 4.94. The van der Waals surface area contributed by atoms with Crippen molar-refractivity contribution < 1.29 is 0 Å². The number of hydrogen-bond donors (Lipinski definition) is 1. The number of anilines is 1. The number of rotatable bonds is 1. The Bertz CT molecular complexity index is 841. The number of fused-ring (bicyclic) bond motifs is 2. The van der Waals surface area contributed by atoms with E-state index in [9.17, 15) is 0 Å². The topological polar surface area (TPSA) is 51.8 Å². The minimum atomic E-state index is 0.207. The van der Waals surface area contributed by atoms with Crippen LogP contribution in [0.2, 0.25) is 5.28 Å². The molecule has 5 heteroatoms. The Morgan fingerprint density at radius 1 is 1.10 bits per heavy atom. The molecular formula is C16H14ClN3S. The summed E-state index contributed by atoms with van der Waals surface area (Å²) in [5.74, 6) is 0.457. The lowest BCUT2D eigenvalue weighted by Gasteiger charge is -2.16. The molecule has 1 aromatic carbocycles. The Kier molecular flexibility index (Phi) is 3.08. The highest BCUT2D eigenvalue weighted by Crippen LogP contribution is 2.37. The second-order valence-electron chi connectivity index (χ2n) is 5.40. The van der Waals surface area contributed by atoms with Crippen LogP contribution in [0, 0.1) is 0 Å². The predicted molar refractivity (Wildman–Crippen MR) is 88.9 cm³/mol. The van der Waals surface area contributed by atoms with Crippen LogP contribution in [-0.4, -0.2) is 9.97 Å². The Morgan fingerprint density at radius 2 is 1.90 bits per heavy atom. The van der Waals surface area contributed by atoms with Gasteiger partial charge in [0.25, 0.3) is 0 Å². The van der Waals surface area contributed by atoms with Gasteiger partial charge in [-0.25, -0.2) is 9.97 Å². The number of nitrogens with zero attached hydrogens (tertiary/aromatic N) is 2. The third-order valence-corrected chi connectivity index (χ3v) is 5.14. The summed E-state index contributed by atoms with van der Waals surface area (Å²) in [6, 6.07) is 6.73. The molecule has 0 unspecified atom stereocenters. The standard InChI is InChI=1S/C16H14ClN3S/c17-16-19-14(18)13-12(8-21-15(13)20-16)11-6-5-9-3-1-2-4-10(9)7-11/h5-8H,1-4H2,(H2,18,19,20). The van der Waals surface area contributed by atoms with Gasteiger partial charge in [0.1, 0.15) is 10.6 Å². The van der Waals surface area contributed by atoms with Gasteiger partial charge >= 0.3 is 0 Å². The SMILES string of the molecule is Nc1nc(Cl)nc2scc(-c3ccc4c(c3)CCCC4)c12. The van der Waals surface area contributed by atoms with E-state index in [4.69, 9.17) is 17.3 Å². The number of nitrogen functional groups attached to an aromatic ring is 1. The molecule has 1 aliphatic carbocycles. The summed E-state index contributed by atoms with van der Waals surface area (Å²) < 4.78 is 0. The molecule has 21 heavy (non-hydrogen) atoms. The third-order valence-electron chi connectivity index (χ3n) is 4.09. The van der Waals surface area contributed by atoms with Crippen LogP contribution in [0.25, 0.3) is 21.3 Å². The Balaban J connectivity index is 1.90. The lowest BCUT2D eigenvalue weighted by molar-refractivity contribution is 0.686. The zero-order chi connectivity index (χ0) is 14.4. The molecule has 0 aliphatic heterocycles. The van der Waals surface area contributed by atoms with Crippen LogP contribution in [0.5, 0.6) is 0 Å². The zero-order valence-electron chi connectivity index (χ0n) is 11.4. The normalized spacial score (nSPS) is 14.3. The van der Waals surface area contributed by atoms with Crippen molar-refractivity contribution in [1.29, 1.82) is 0 Å². The van der Waals surface area contributed by atoms with Gasteiger partial charge in [0.05, 0.1) is 5.39 Å². The summed E-state index contributed by atoms with van der Waals surface area (Å²) in [4.78, 5) is 9.20. The maximum Gasteiger partial charge on any atom is 0.225 e. The molecule has 0 saturated carbocycles. The van der Waals surface area contributed by atoms with E-state index in [2.05, 4.69) is 33.5 Å². The highest BCUT2D eigenvalue weighted by molar-refractivity contribution is 7.17. The van der Waals surface area contributed by atoms with Gasteiger partial charge in [-0.1, -0.05) is 18.2 Å². The highest BCUT2D eigenvalue weighted by Gasteiger charge is 2.15. The number of aryl methyl sites for hydroxylation is 2. The van der Waals surface area contributed by atoms with E-state index in [1.165, 1.54) is 42.4 Å². The van der Waals surface area contributed by atoms with Gasteiger partial charge in [-0.15, -0.1) is 11.3 Å². The van der Waals surface area contributed by atoms with Crippen LogP contribution in [0.15, 0.2) is 23.6 Å². The first kappa shape index (κ1) is 13.0. The van der Waals surface area contributed by atoms with Crippen LogP contribution < -0.4 is 5.73 Å². The van der Waals surface area contributed by atoms with E-state index in [1.807, 2.05) is 0 Å². The summed E-state index contributed by atoms with van der Waals surface area (Å²) >= 11 is 7.44. The van der Waals surface area contributed by atoms with E-state index in [1.54, 1.807) is 11.3 Å². The van der Waals surface area contributed by atoms with Crippen molar-refractivity contribution in [1.82, 2.24) is 9.97 Å². The molecule has 0 spiro atoms. The van der Waals surface area contributed by atoms with Crippen LogP contribution in [-0.2, 0) is 12.8 Å². The fraction of sp³-hybridized carbons (Fsp3) is 0.250. The first-order valence-corrected chi connectivity index (χ1v) is 8.30. The van der Waals surface area contributed by atoms with Gasteiger partial charge in [0.2, 0.25) is 5.28 Å². The number of benzene rings is 1. The quantitative estimate of drug-likeness (QED) is 0.674. The van der Waals surface area contributed by atoms with E-state index in [-0.39, 0.29) is 5.28 Å². The number of nitrogens with two attached hydrogens (primary N) is 1. The summed E-state index contributed by atoms with van der Waals surface area (Å²) in [7, 11) is 0. The highest BCUT2D eigenvalue weighted by atomic mass is 35.5. The van der Waals surface area contributed by atoms with Crippen LogP contribution in [0.3, 0.4) is 0 Å². The molecule has 106 valence electrons. The summed E-state index contributed by atoms with van der Waals surface area (Å²) in [5.41, 5.74) is 11.3. The maximum absolute atomic E-state index is 6.05. The fourth-order valence-corrected chi connectivity index (χ4v) is 4.24. The zero-order valence-corrected chi connectivity index (χ0v) is 13.0. The number of thiophene rings is 1. The minimum Gasteiger partial charge on any atom is -0.383 e. The van der Waals surface area contributed by atoms with Crippen LogP contribution >= 0.6 is 22.9 Å². The van der Waals surface area contributed by atoms with Crippen molar-refractivity contribution in [3.8, 4) is 11.1 Å². The molecule has 1 aliphatic rings. The van der Waals surface area contributed by atoms with Crippen molar-refractivity contribution >= 4 is 39.0 Å². The molecule has 0 amide bonds. The molecule has 2 aromatic heterocycles. The van der Waals surface area contributed by atoms with Crippen molar-refractivity contribution in [2.24, 2.45) is 0 Å². The van der Waals surface area contributed by atoms with Gasteiger partial charge in [0.15, 0.2) is 0 Å². The Labute approximate surface area is 131 Å². The van der Waals surface area contributed by atoms with Gasteiger partial charge < -0.3 is 5.73 Å². The first-order chi connectivity index (χ1) is 10.2. The Morgan fingerprint density at radius 3 is 2.76 bits per heavy atom. The molecule has 0 radical (unpaired) electrons. The Hall–Kier alpha value is -1.65. The van der Waals surface area contributed by atoms with Crippen molar-refractivity contribution in [2.45, 2.75) is 25.7 Å². The van der Waals surface area contributed by atoms with Crippen LogP contribution in [0.4, 0.5) is 5.82 Å². The first-order valence-electron chi connectivity index (χ1n) is 7.05. The molecule has 2 heterocycles. The molecule has 3 nitrogen and oxygen atoms in total. The minimum absolute atomic E-state index is 0.207. The monoisotopic (exact) mass is 315 g/mol. The van der Waals surface area contributed by atoms with E-state index in [0.29, 0.717) is 5.82 Å². The smallest absolute Gasteiger partial charge is 0.225 e. The average molecular weight is 316 g/mol. The molecule has 0 fully saturated rings. The molecule has 2 N–H and O–H groups in total. The van der Waals surface area contributed by atoms with Crippen molar-refractivity contribution in [2.75, 3.05) is 5.73 Å². The molecule has 0 saturated heterocycles. The molecule has 4 rings (SSSR count). The van der Waals surface area contributed by atoms with Gasteiger partial charge in [-0.3, -0.25) is 0 Å². The van der Waals surface area contributed by atoms with Gasteiger partial charge in [-0.2, -0.15) is 0 Å². The van der Waals surface area contributed by atoms with Crippen molar-refractivity contribution in [3.05, 3.63) is 40.0 Å². The molecule has 0 atom stereocenters.